The van der Waals surface area contributed by atoms with Gasteiger partial charge in [-0.3, -0.25) is 4.90 Å². The highest BCUT2D eigenvalue weighted by Crippen LogP contribution is 2.24. The number of thiazole rings is 1. The lowest BCUT2D eigenvalue weighted by Crippen LogP contribution is -2.46. The molecule has 2 heterocycles. The van der Waals surface area contributed by atoms with Crippen LogP contribution < -0.4 is 4.90 Å². The number of hydrogen-bond donors (Lipinski definition) is 0. The summed E-state index contributed by atoms with van der Waals surface area (Å²) in [6, 6.07) is 8.91. The Morgan fingerprint density at radius 2 is 1.74 bits per heavy atom. The van der Waals surface area contributed by atoms with E-state index in [1.807, 2.05) is 11.3 Å². The topological polar surface area (TPSA) is 22.6 Å². The van der Waals surface area contributed by atoms with E-state index < -0.39 is 0 Å². The highest BCUT2D eigenvalue weighted by atomic mass is 32.1. The summed E-state index contributed by atoms with van der Waals surface area (Å²) in [6.07, 6.45) is 5.55. The first-order valence-electron chi connectivity index (χ1n) is 10.3. The van der Waals surface area contributed by atoms with Crippen LogP contribution in [0.3, 0.4) is 0 Å². The number of piperazine rings is 1. The molecule has 1 aromatic carbocycles. The molecule has 1 aliphatic heterocycles. The molecule has 3 rings (SSSR count). The third kappa shape index (κ3) is 6.30. The third-order valence-corrected chi connectivity index (χ3v) is 6.48. The average Bonchev–Trinajstić information content (AvgIpc) is 3.16. The number of hydrogen-bond acceptors (Lipinski definition) is 5. The Morgan fingerprint density at radius 1 is 1.04 bits per heavy atom. The molecule has 2 aromatic rings. The van der Waals surface area contributed by atoms with Crippen LogP contribution in [0.15, 0.2) is 30.5 Å². The van der Waals surface area contributed by atoms with Crippen LogP contribution in [0.2, 0.25) is 0 Å². The predicted octanol–water partition coefficient (Wildman–Crippen LogP) is 3.70. The quantitative estimate of drug-likeness (QED) is 0.655. The first-order chi connectivity index (χ1) is 13.1. The molecule has 0 radical (unpaired) electrons. The lowest BCUT2D eigenvalue weighted by Gasteiger charge is -2.34. The first kappa shape index (κ1) is 20.3. The van der Waals surface area contributed by atoms with Crippen molar-refractivity contribution in [2.24, 2.45) is 0 Å². The Morgan fingerprint density at radius 3 is 2.44 bits per heavy atom. The van der Waals surface area contributed by atoms with E-state index in [-0.39, 0.29) is 0 Å². The van der Waals surface area contributed by atoms with E-state index in [2.05, 4.69) is 66.1 Å². The molecule has 1 aliphatic rings. The van der Waals surface area contributed by atoms with Crippen LogP contribution in [0, 0.1) is 6.92 Å². The molecule has 0 atom stereocenters. The highest BCUT2D eigenvalue weighted by molar-refractivity contribution is 7.15. The molecule has 0 spiro atoms. The lowest BCUT2D eigenvalue weighted by molar-refractivity contribution is 0.258. The van der Waals surface area contributed by atoms with Crippen LogP contribution >= 0.6 is 11.3 Å². The fraction of sp³-hybridized carbons (Fsp3) is 0.591. The zero-order valence-electron chi connectivity index (χ0n) is 17.2. The maximum Gasteiger partial charge on any atom is 0.185 e. The van der Waals surface area contributed by atoms with Crippen molar-refractivity contribution in [3.05, 3.63) is 46.5 Å². The minimum atomic E-state index is 1.10. The van der Waals surface area contributed by atoms with E-state index in [9.17, 15) is 0 Å². The van der Waals surface area contributed by atoms with Gasteiger partial charge in [0, 0.05) is 50.3 Å². The van der Waals surface area contributed by atoms with Gasteiger partial charge in [-0.2, -0.15) is 0 Å². The first-order valence-corrected chi connectivity index (χ1v) is 11.1. The van der Waals surface area contributed by atoms with Gasteiger partial charge in [-0.25, -0.2) is 4.98 Å². The van der Waals surface area contributed by atoms with Crippen molar-refractivity contribution in [3.8, 4) is 0 Å². The summed E-state index contributed by atoms with van der Waals surface area (Å²) >= 11 is 1.88. The molecule has 1 saturated heterocycles. The SMILES string of the molecule is CCCN1CCN(c2ncc(CCN(C)CCc3ccc(C)cc3)s2)CC1. The summed E-state index contributed by atoms with van der Waals surface area (Å²) in [5, 5.41) is 1.21. The predicted molar refractivity (Wildman–Crippen MR) is 117 cm³/mol. The molecular weight excluding hydrogens is 352 g/mol. The largest absolute Gasteiger partial charge is 0.346 e. The van der Waals surface area contributed by atoms with Crippen LogP contribution in [0.4, 0.5) is 5.13 Å². The Labute approximate surface area is 168 Å². The van der Waals surface area contributed by atoms with E-state index in [0.717, 1.165) is 39.0 Å². The summed E-state index contributed by atoms with van der Waals surface area (Å²) in [7, 11) is 2.23. The van der Waals surface area contributed by atoms with Gasteiger partial charge in [0.05, 0.1) is 0 Å². The van der Waals surface area contributed by atoms with Gasteiger partial charge in [0.15, 0.2) is 5.13 Å². The maximum absolute atomic E-state index is 4.70. The van der Waals surface area contributed by atoms with E-state index in [1.54, 1.807) is 0 Å². The van der Waals surface area contributed by atoms with E-state index in [0.29, 0.717) is 0 Å². The van der Waals surface area contributed by atoms with Gasteiger partial charge in [0.2, 0.25) is 0 Å². The number of aryl methyl sites for hydroxylation is 1. The average molecular weight is 387 g/mol. The zero-order valence-corrected chi connectivity index (χ0v) is 18.0. The molecule has 27 heavy (non-hydrogen) atoms. The number of rotatable bonds is 9. The molecule has 1 fully saturated rings. The Hall–Kier alpha value is -1.43. The van der Waals surface area contributed by atoms with Gasteiger partial charge in [0.25, 0.3) is 0 Å². The molecular formula is C22H34N4S. The van der Waals surface area contributed by atoms with Crippen molar-refractivity contribution in [2.75, 3.05) is 57.8 Å². The number of benzene rings is 1. The van der Waals surface area contributed by atoms with Gasteiger partial charge in [-0.1, -0.05) is 36.8 Å². The van der Waals surface area contributed by atoms with Crippen molar-refractivity contribution >= 4 is 16.5 Å². The van der Waals surface area contributed by atoms with Crippen LogP contribution in [0.1, 0.15) is 29.3 Å². The lowest BCUT2D eigenvalue weighted by atomic mass is 10.1. The number of likely N-dealkylation sites (N-methyl/N-ethyl adjacent to an activating group) is 1. The monoisotopic (exact) mass is 386 g/mol. The molecule has 0 unspecified atom stereocenters. The van der Waals surface area contributed by atoms with E-state index in [4.69, 9.17) is 4.98 Å². The molecule has 148 valence electrons. The normalized spacial score (nSPS) is 15.6. The van der Waals surface area contributed by atoms with Gasteiger partial charge in [-0.15, -0.1) is 11.3 Å². The molecule has 0 aliphatic carbocycles. The number of aromatic nitrogens is 1. The summed E-state index contributed by atoms with van der Waals surface area (Å²) in [5.41, 5.74) is 2.76. The second kappa shape index (κ2) is 10.2. The van der Waals surface area contributed by atoms with Crippen molar-refractivity contribution in [2.45, 2.75) is 33.1 Å². The number of nitrogens with zero attached hydrogens (tertiary/aromatic N) is 4. The fourth-order valence-electron chi connectivity index (χ4n) is 3.53. The van der Waals surface area contributed by atoms with Crippen LogP contribution in [-0.4, -0.2) is 67.6 Å². The van der Waals surface area contributed by atoms with E-state index >= 15 is 0 Å². The van der Waals surface area contributed by atoms with Gasteiger partial charge in [-0.05, 0) is 45.3 Å². The zero-order chi connectivity index (χ0) is 19.1. The Bertz CT molecular complexity index is 674. The minimum Gasteiger partial charge on any atom is -0.346 e. The molecule has 0 amide bonds. The Balaban J connectivity index is 1.39. The standard InChI is InChI=1S/C22H34N4S/c1-4-11-25-14-16-26(17-15-25)22-23-18-21(27-22)10-13-24(3)12-9-20-7-5-19(2)6-8-20/h5-8,18H,4,9-17H2,1-3H3. The summed E-state index contributed by atoms with van der Waals surface area (Å²) < 4.78 is 0. The highest BCUT2D eigenvalue weighted by Gasteiger charge is 2.18. The second-order valence-electron chi connectivity index (χ2n) is 7.73. The molecule has 5 heteroatoms. The maximum atomic E-state index is 4.70. The third-order valence-electron chi connectivity index (χ3n) is 5.37. The Kier molecular flexibility index (Phi) is 7.68. The summed E-state index contributed by atoms with van der Waals surface area (Å²) in [4.78, 5) is 13.6. The second-order valence-corrected chi connectivity index (χ2v) is 8.82. The van der Waals surface area contributed by atoms with Crippen LogP contribution in [0.25, 0.3) is 0 Å². The van der Waals surface area contributed by atoms with Crippen molar-refractivity contribution < 1.29 is 0 Å². The van der Waals surface area contributed by atoms with Crippen LogP contribution in [0.5, 0.6) is 0 Å². The van der Waals surface area contributed by atoms with Crippen molar-refractivity contribution in [1.29, 1.82) is 0 Å². The molecule has 0 bridgehead atoms. The molecule has 4 nitrogen and oxygen atoms in total. The smallest absolute Gasteiger partial charge is 0.185 e. The van der Waals surface area contributed by atoms with Gasteiger partial charge < -0.3 is 9.80 Å². The van der Waals surface area contributed by atoms with Gasteiger partial charge in [0.1, 0.15) is 0 Å². The summed E-state index contributed by atoms with van der Waals surface area (Å²) in [6.45, 7) is 12.4. The minimum absolute atomic E-state index is 1.10. The molecule has 0 saturated carbocycles. The van der Waals surface area contributed by atoms with Crippen molar-refractivity contribution in [1.82, 2.24) is 14.8 Å². The molecule has 1 aromatic heterocycles. The van der Waals surface area contributed by atoms with Crippen LogP contribution in [-0.2, 0) is 12.8 Å². The fourth-order valence-corrected chi connectivity index (χ4v) is 4.48. The van der Waals surface area contributed by atoms with E-state index in [1.165, 1.54) is 47.2 Å². The number of anilines is 1. The summed E-state index contributed by atoms with van der Waals surface area (Å²) in [5.74, 6) is 0. The molecule has 0 N–H and O–H groups in total. The van der Waals surface area contributed by atoms with Gasteiger partial charge >= 0.3 is 0 Å². The van der Waals surface area contributed by atoms with Crippen molar-refractivity contribution in [3.63, 3.8) is 0 Å².